The quantitative estimate of drug-likeness (QED) is 0.683. The van der Waals surface area contributed by atoms with Crippen LogP contribution in [0.2, 0.25) is 10.2 Å². The van der Waals surface area contributed by atoms with Crippen LogP contribution in [0.4, 0.5) is 4.39 Å². The van der Waals surface area contributed by atoms with Crippen molar-refractivity contribution in [2.45, 2.75) is 11.2 Å². The normalized spacial score (nSPS) is 12.7. The molecule has 0 aliphatic heterocycles. The minimum atomic E-state index is -0.320. The fourth-order valence-corrected chi connectivity index (χ4v) is 2.47. The Kier molecular flexibility index (Phi) is 4.13. The molecule has 2 rings (SSSR count). The van der Waals surface area contributed by atoms with E-state index in [-0.39, 0.29) is 10.6 Å². The molecule has 0 saturated carbocycles. The average Bonchev–Trinajstić information content (AvgIpc) is 2.70. The number of alkyl halides is 1. The number of benzene rings is 1. The SMILES string of the molecule is Fc1cccc(Cl)c1CC(Br)c1ccc(Cl)o1. The molecule has 17 heavy (non-hydrogen) atoms. The molecule has 5 heteroatoms. The zero-order valence-electron chi connectivity index (χ0n) is 8.59. The smallest absolute Gasteiger partial charge is 0.193 e. The van der Waals surface area contributed by atoms with Crippen LogP contribution in [-0.4, -0.2) is 0 Å². The molecule has 1 unspecified atom stereocenters. The molecule has 0 aliphatic rings. The molecular formula is C12H8BrCl2FO. The summed E-state index contributed by atoms with van der Waals surface area (Å²) in [5.74, 6) is 0.328. The van der Waals surface area contributed by atoms with Gasteiger partial charge in [0.2, 0.25) is 0 Å². The van der Waals surface area contributed by atoms with Gasteiger partial charge in [-0.1, -0.05) is 33.6 Å². The Balaban J connectivity index is 2.21. The van der Waals surface area contributed by atoms with Crippen molar-refractivity contribution in [2.75, 3.05) is 0 Å². The second kappa shape index (κ2) is 5.42. The third kappa shape index (κ3) is 3.03. The lowest BCUT2D eigenvalue weighted by Crippen LogP contribution is -1.98. The summed E-state index contributed by atoms with van der Waals surface area (Å²) in [5.41, 5.74) is 0.462. The Labute approximate surface area is 117 Å². The van der Waals surface area contributed by atoms with Gasteiger partial charge in [0, 0.05) is 10.6 Å². The van der Waals surface area contributed by atoms with Gasteiger partial charge in [0.05, 0.1) is 4.83 Å². The van der Waals surface area contributed by atoms with Crippen LogP contribution >= 0.6 is 39.1 Å². The second-order valence-electron chi connectivity index (χ2n) is 3.51. The first-order valence-corrected chi connectivity index (χ1v) is 6.57. The first kappa shape index (κ1) is 12.9. The van der Waals surface area contributed by atoms with Crippen LogP contribution in [0.25, 0.3) is 0 Å². The summed E-state index contributed by atoms with van der Waals surface area (Å²) >= 11 is 15.1. The van der Waals surface area contributed by atoms with Crippen LogP contribution in [0, 0.1) is 5.82 Å². The van der Waals surface area contributed by atoms with E-state index >= 15 is 0 Å². The number of hydrogen-bond acceptors (Lipinski definition) is 1. The molecule has 1 nitrogen and oxygen atoms in total. The lowest BCUT2D eigenvalue weighted by molar-refractivity contribution is 0.505. The molecule has 1 heterocycles. The summed E-state index contributed by atoms with van der Waals surface area (Å²) < 4.78 is 18.8. The summed E-state index contributed by atoms with van der Waals surface area (Å²) in [6.45, 7) is 0. The Morgan fingerprint density at radius 1 is 1.24 bits per heavy atom. The lowest BCUT2D eigenvalue weighted by Gasteiger charge is -2.09. The molecule has 0 aliphatic carbocycles. The molecule has 1 aromatic carbocycles. The van der Waals surface area contributed by atoms with Crippen LogP contribution < -0.4 is 0 Å². The monoisotopic (exact) mass is 336 g/mol. The van der Waals surface area contributed by atoms with E-state index in [1.165, 1.54) is 6.07 Å². The molecular weight excluding hydrogens is 330 g/mol. The molecule has 90 valence electrons. The highest BCUT2D eigenvalue weighted by Gasteiger charge is 2.16. The Bertz CT molecular complexity index is 507. The van der Waals surface area contributed by atoms with Crippen molar-refractivity contribution >= 4 is 39.1 Å². The molecule has 1 aromatic heterocycles. The topological polar surface area (TPSA) is 13.1 Å². The van der Waals surface area contributed by atoms with Gasteiger partial charge in [0.1, 0.15) is 11.6 Å². The van der Waals surface area contributed by atoms with Gasteiger partial charge in [0.25, 0.3) is 0 Å². The van der Waals surface area contributed by atoms with Crippen molar-refractivity contribution in [1.82, 2.24) is 0 Å². The van der Waals surface area contributed by atoms with Gasteiger partial charge in [-0.05, 0) is 42.3 Å². The number of furan rings is 1. The fourth-order valence-electron chi connectivity index (χ4n) is 1.50. The van der Waals surface area contributed by atoms with Crippen molar-refractivity contribution in [1.29, 1.82) is 0 Å². The third-order valence-corrected chi connectivity index (χ3v) is 3.68. The molecule has 0 bridgehead atoms. The first-order chi connectivity index (χ1) is 8.08. The van der Waals surface area contributed by atoms with Crippen LogP contribution in [0.1, 0.15) is 16.2 Å². The van der Waals surface area contributed by atoms with Gasteiger partial charge in [0.15, 0.2) is 5.22 Å². The van der Waals surface area contributed by atoms with Gasteiger partial charge in [-0.25, -0.2) is 4.39 Å². The lowest BCUT2D eigenvalue weighted by atomic mass is 10.1. The van der Waals surface area contributed by atoms with Gasteiger partial charge in [-0.3, -0.25) is 0 Å². The van der Waals surface area contributed by atoms with E-state index in [0.29, 0.717) is 28.0 Å². The molecule has 1 atom stereocenters. The van der Waals surface area contributed by atoms with Gasteiger partial charge in [-0.2, -0.15) is 0 Å². The van der Waals surface area contributed by atoms with E-state index in [1.54, 1.807) is 24.3 Å². The van der Waals surface area contributed by atoms with E-state index < -0.39 is 0 Å². The summed E-state index contributed by atoms with van der Waals surface area (Å²) in [7, 11) is 0. The van der Waals surface area contributed by atoms with Crippen LogP contribution in [0.5, 0.6) is 0 Å². The number of halogens is 4. The van der Waals surface area contributed by atoms with Crippen molar-refractivity contribution in [3.05, 3.63) is 57.7 Å². The maximum Gasteiger partial charge on any atom is 0.193 e. The van der Waals surface area contributed by atoms with Gasteiger partial charge < -0.3 is 4.42 Å². The van der Waals surface area contributed by atoms with E-state index in [4.69, 9.17) is 27.6 Å². The van der Waals surface area contributed by atoms with Crippen molar-refractivity contribution < 1.29 is 8.81 Å². The van der Waals surface area contributed by atoms with Crippen molar-refractivity contribution in [3.8, 4) is 0 Å². The van der Waals surface area contributed by atoms with Crippen LogP contribution in [0.3, 0.4) is 0 Å². The predicted octanol–water partition coefficient (Wildman–Crippen LogP) is 5.40. The molecule has 0 N–H and O–H groups in total. The zero-order valence-corrected chi connectivity index (χ0v) is 11.7. The van der Waals surface area contributed by atoms with Gasteiger partial charge in [-0.15, -0.1) is 0 Å². The molecule has 0 amide bonds. The minimum absolute atomic E-state index is 0.163. The number of hydrogen-bond donors (Lipinski definition) is 0. The van der Waals surface area contributed by atoms with Crippen LogP contribution in [-0.2, 0) is 6.42 Å². The van der Waals surface area contributed by atoms with E-state index in [1.807, 2.05) is 0 Å². The Hall–Kier alpha value is -0.510. The molecule has 2 aromatic rings. The fraction of sp³-hybridized carbons (Fsp3) is 0.167. The maximum atomic E-state index is 13.6. The van der Waals surface area contributed by atoms with Crippen molar-refractivity contribution in [2.24, 2.45) is 0 Å². The predicted molar refractivity (Wildman–Crippen MR) is 70.5 cm³/mol. The largest absolute Gasteiger partial charge is 0.449 e. The zero-order chi connectivity index (χ0) is 12.4. The van der Waals surface area contributed by atoms with E-state index in [0.717, 1.165) is 0 Å². The maximum absolute atomic E-state index is 13.6. The summed E-state index contributed by atoms with van der Waals surface area (Å²) in [4.78, 5) is -0.163. The van der Waals surface area contributed by atoms with Crippen LogP contribution in [0.15, 0.2) is 34.7 Å². The standard InChI is InChI=1S/C12H8BrCl2FO/c13-8(11-4-5-12(15)17-11)6-7-9(14)2-1-3-10(7)16/h1-5,8H,6H2. The highest BCUT2D eigenvalue weighted by molar-refractivity contribution is 9.09. The summed E-state index contributed by atoms with van der Waals surface area (Å²) in [6, 6.07) is 8.02. The summed E-state index contributed by atoms with van der Waals surface area (Å²) in [6.07, 6.45) is 0.398. The number of rotatable bonds is 3. The molecule has 0 saturated heterocycles. The Morgan fingerprint density at radius 2 is 2.00 bits per heavy atom. The molecule has 0 radical (unpaired) electrons. The average molecular weight is 338 g/mol. The van der Waals surface area contributed by atoms with E-state index in [2.05, 4.69) is 15.9 Å². The van der Waals surface area contributed by atoms with E-state index in [9.17, 15) is 4.39 Å². The molecule has 0 spiro atoms. The Morgan fingerprint density at radius 3 is 2.59 bits per heavy atom. The highest BCUT2D eigenvalue weighted by Crippen LogP contribution is 2.32. The first-order valence-electron chi connectivity index (χ1n) is 4.90. The molecule has 0 fully saturated rings. The van der Waals surface area contributed by atoms with Gasteiger partial charge >= 0.3 is 0 Å². The van der Waals surface area contributed by atoms with Crippen molar-refractivity contribution in [3.63, 3.8) is 0 Å². The second-order valence-corrected chi connectivity index (χ2v) is 5.40. The summed E-state index contributed by atoms with van der Waals surface area (Å²) in [5, 5.41) is 0.719. The third-order valence-electron chi connectivity index (χ3n) is 2.35. The highest BCUT2D eigenvalue weighted by atomic mass is 79.9. The minimum Gasteiger partial charge on any atom is -0.449 e.